The summed E-state index contributed by atoms with van der Waals surface area (Å²) in [7, 11) is 0. The maximum Gasteiger partial charge on any atom is 0.265 e. The molecular formula is C27H23N7O3. The van der Waals surface area contributed by atoms with E-state index in [9.17, 15) is 9.59 Å². The minimum absolute atomic E-state index is 0.0959. The van der Waals surface area contributed by atoms with Crippen LogP contribution in [0.4, 0.5) is 5.82 Å². The first-order valence-electron chi connectivity index (χ1n) is 12.0. The van der Waals surface area contributed by atoms with Crippen LogP contribution in [-0.4, -0.2) is 51.7 Å². The highest BCUT2D eigenvalue weighted by Crippen LogP contribution is 2.33. The lowest BCUT2D eigenvalue weighted by Gasteiger charge is -2.26. The molecule has 2 N–H and O–H groups in total. The first-order valence-corrected chi connectivity index (χ1v) is 12.0. The molecule has 1 aliphatic heterocycles. The molecule has 1 saturated heterocycles. The number of hydrogen-bond acceptors (Lipinski definition) is 7. The van der Waals surface area contributed by atoms with E-state index in [4.69, 9.17) is 10.00 Å². The van der Waals surface area contributed by atoms with Gasteiger partial charge in [0.25, 0.3) is 11.8 Å². The lowest BCUT2D eigenvalue weighted by molar-refractivity contribution is -0.0104. The van der Waals surface area contributed by atoms with Gasteiger partial charge in [0, 0.05) is 35.1 Å². The van der Waals surface area contributed by atoms with Crippen molar-refractivity contribution in [2.75, 3.05) is 18.1 Å². The fourth-order valence-corrected chi connectivity index (χ4v) is 4.22. The number of nitrogens with one attached hydrogen (secondary N) is 2. The number of amides is 2. The molecule has 1 saturated carbocycles. The molecule has 184 valence electrons. The monoisotopic (exact) mass is 493 g/mol. The summed E-state index contributed by atoms with van der Waals surface area (Å²) in [5.74, 6) is 0.168. The van der Waals surface area contributed by atoms with E-state index in [1.54, 1.807) is 52.1 Å². The van der Waals surface area contributed by atoms with Crippen molar-refractivity contribution >= 4 is 23.1 Å². The van der Waals surface area contributed by atoms with E-state index in [0.29, 0.717) is 35.7 Å². The van der Waals surface area contributed by atoms with Crippen LogP contribution >= 0.6 is 0 Å². The normalized spacial score (nSPS) is 15.1. The van der Waals surface area contributed by atoms with Gasteiger partial charge in [-0.3, -0.25) is 19.9 Å². The van der Waals surface area contributed by atoms with E-state index in [1.807, 2.05) is 18.2 Å². The molecule has 10 heteroatoms. The second-order valence-corrected chi connectivity index (χ2v) is 9.14. The molecule has 2 amide bonds. The van der Waals surface area contributed by atoms with E-state index >= 15 is 0 Å². The Morgan fingerprint density at radius 2 is 1.86 bits per heavy atom. The summed E-state index contributed by atoms with van der Waals surface area (Å²) in [5, 5.41) is 13.5. The van der Waals surface area contributed by atoms with Crippen LogP contribution in [-0.2, 0) is 4.74 Å². The Bertz CT molecular complexity index is 1510. The van der Waals surface area contributed by atoms with Gasteiger partial charge in [-0.2, -0.15) is 10.4 Å². The third-order valence-electron chi connectivity index (χ3n) is 6.51. The van der Waals surface area contributed by atoms with Gasteiger partial charge in [-0.15, -0.1) is 0 Å². The number of ether oxygens (including phenoxy) is 1. The Balaban J connectivity index is 1.25. The van der Waals surface area contributed by atoms with Crippen LogP contribution in [0.2, 0.25) is 0 Å². The third kappa shape index (κ3) is 4.53. The first-order chi connectivity index (χ1) is 18.1. The van der Waals surface area contributed by atoms with Crippen molar-refractivity contribution in [1.82, 2.24) is 25.4 Å². The Hall–Kier alpha value is -4.59. The molecular weight excluding hydrogens is 470 g/mol. The minimum atomic E-state index is -0.220. The highest BCUT2D eigenvalue weighted by Gasteiger charge is 2.35. The summed E-state index contributed by atoms with van der Waals surface area (Å²) in [4.78, 5) is 32.0. The number of nitrogens with zero attached hydrogens (tertiary/aromatic N) is 5. The lowest BCUT2D eigenvalue weighted by atomic mass is 10.0. The zero-order valence-electron chi connectivity index (χ0n) is 19.8. The average Bonchev–Trinajstić information content (AvgIpc) is 3.65. The molecule has 10 nitrogen and oxygen atoms in total. The molecule has 0 bridgehead atoms. The van der Waals surface area contributed by atoms with Gasteiger partial charge < -0.3 is 4.74 Å². The Morgan fingerprint density at radius 1 is 1.05 bits per heavy atom. The summed E-state index contributed by atoms with van der Waals surface area (Å²) in [6, 6.07) is 16.5. The number of anilines is 1. The Morgan fingerprint density at radius 3 is 2.51 bits per heavy atom. The number of nitriles is 1. The molecule has 37 heavy (non-hydrogen) atoms. The number of hydrazine groups is 1. The predicted octanol–water partition coefficient (Wildman–Crippen LogP) is 2.71. The van der Waals surface area contributed by atoms with Crippen molar-refractivity contribution in [3.05, 3.63) is 83.8 Å². The first kappa shape index (κ1) is 22.8. The van der Waals surface area contributed by atoms with E-state index < -0.39 is 0 Å². The SMILES string of the molecule is N#Cc1ccc(N(C(=O)c2ccn3ncc(-c4ccc(C(=O)NNC5COC5)cc4)c3c2)C2CC2)nc1. The van der Waals surface area contributed by atoms with Gasteiger partial charge in [0.15, 0.2) is 0 Å². The molecule has 3 aromatic heterocycles. The van der Waals surface area contributed by atoms with Crippen LogP contribution in [0.25, 0.3) is 16.6 Å². The van der Waals surface area contributed by atoms with Crippen LogP contribution in [0.1, 0.15) is 39.1 Å². The molecule has 2 fully saturated rings. The number of benzene rings is 1. The summed E-state index contributed by atoms with van der Waals surface area (Å²) >= 11 is 0. The molecule has 1 aromatic carbocycles. The van der Waals surface area contributed by atoms with Gasteiger partial charge in [-0.1, -0.05) is 12.1 Å². The summed E-state index contributed by atoms with van der Waals surface area (Å²) in [5.41, 5.74) is 9.65. The van der Waals surface area contributed by atoms with E-state index in [-0.39, 0.29) is 23.9 Å². The van der Waals surface area contributed by atoms with Crippen molar-refractivity contribution in [3.8, 4) is 17.2 Å². The van der Waals surface area contributed by atoms with Crippen molar-refractivity contribution in [2.45, 2.75) is 24.9 Å². The topological polar surface area (TPSA) is 125 Å². The molecule has 6 rings (SSSR count). The largest absolute Gasteiger partial charge is 0.378 e. The second-order valence-electron chi connectivity index (χ2n) is 9.14. The molecule has 4 aromatic rings. The van der Waals surface area contributed by atoms with Gasteiger partial charge in [-0.05, 0) is 54.8 Å². The molecule has 4 heterocycles. The summed E-state index contributed by atoms with van der Waals surface area (Å²) in [6.07, 6.45) is 6.83. The Labute approximate surface area is 212 Å². The molecule has 1 aliphatic carbocycles. The highest BCUT2D eigenvalue weighted by molar-refractivity contribution is 6.07. The van der Waals surface area contributed by atoms with Crippen LogP contribution < -0.4 is 15.8 Å². The molecule has 0 unspecified atom stereocenters. The summed E-state index contributed by atoms with van der Waals surface area (Å²) in [6.45, 7) is 1.17. The van der Waals surface area contributed by atoms with Crippen LogP contribution in [0, 0.1) is 11.3 Å². The number of rotatable bonds is 7. The average molecular weight is 494 g/mol. The predicted molar refractivity (Wildman–Crippen MR) is 135 cm³/mol. The fraction of sp³-hybridized carbons (Fsp3) is 0.222. The van der Waals surface area contributed by atoms with Crippen LogP contribution in [0.15, 0.2) is 67.1 Å². The second kappa shape index (κ2) is 9.46. The molecule has 0 atom stereocenters. The zero-order chi connectivity index (χ0) is 25.4. The zero-order valence-corrected chi connectivity index (χ0v) is 19.8. The van der Waals surface area contributed by atoms with Gasteiger partial charge in [0.05, 0.1) is 36.5 Å². The lowest BCUT2D eigenvalue weighted by Crippen LogP contribution is -2.53. The standard InChI is InChI=1S/C27H23N7O3/c28-12-17-1-8-25(29-13-17)34(22-6-7-22)27(36)20-9-10-33-24(11-20)23(14-30-33)18-2-4-19(5-3-18)26(35)32-31-21-15-37-16-21/h1-5,8-11,13-14,21-22,31H,6-7,15-16H2,(H,32,35). The van der Waals surface area contributed by atoms with Crippen LogP contribution in [0.5, 0.6) is 0 Å². The maximum absolute atomic E-state index is 13.6. The maximum atomic E-state index is 13.6. The fourth-order valence-electron chi connectivity index (χ4n) is 4.22. The van der Waals surface area contributed by atoms with E-state index in [1.165, 1.54) is 6.20 Å². The molecule has 0 spiro atoms. The number of aromatic nitrogens is 3. The quantitative estimate of drug-likeness (QED) is 0.379. The number of fused-ring (bicyclic) bond motifs is 1. The minimum Gasteiger partial charge on any atom is -0.378 e. The molecule has 2 aliphatic rings. The van der Waals surface area contributed by atoms with Crippen molar-refractivity contribution < 1.29 is 14.3 Å². The van der Waals surface area contributed by atoms with E-state index in [2.05, 4.69) is 27.0 Å². The number of carbonyl (C=O) groups is 2. The summed E-state index contributed by atoms with van der Waals surface area (Å²) < 4.78 is 6.81. The van der Waals surface area contributed by atoms with Crippen molar-refractivity contribution in [3.63, 3.8) is 0 Å². The van der Waals surface area contributed by atoms with Crippen molar-refractivity contribution in [2.24, 2.45) is 0 Å². The van der Waals surface area contributed by atoms with Gasteiger partial charge >= 0.3 is 0 Å². The number of carbonyl (C=O) groups excluding carboxylic acids is 2. The number of pyridine rings is 2. The van der Waals surface area contributed by atoms with E-state index in [0.717, 1.165) is 29.5 Å². The van der Waals surface area contributed by atoms with Crippen LogP contribution in [0.3, 0.4) is 0 Å². The smallest absolute Gasteiger partial charge is 0.265 e. The van der Waals surface area contributed by atoms with Gasteiger partial charge in [-0.25, -0.2) is 14.9 Å². The third-order valence-corrected chi connectivity index (χ3v) is 6.51. The van der Waals surface area contributed by atoms with Gasteiger partial charge in [0.2, 0.25) is 0 Å². The van der Waals surface area contributed by atoms with Gasteiger partial charge in [0.1, 0.15) is 11.9 Å². The number of hydrogen-bond donors (Lipinski definition) is 2. The Kier molecular flexibility index (Phi) is 5.84. The highest BCUT2D eigenvalue weighted by atomic mass is 16.5. The molecule has 0 radical (unpaired) electrons. The van der Waals surface area contributed by atoms with Crippen molar-refractivity contribution in [1.29, 1.82) is 5.26 Å².